The van der Waals surface area contributed by atoms with Crippen molar-refractivity contribution < 1.29 is 29.0 Å². The summed E-state index contributed by atoms with van der Waals surface area (Å²) in [6, 6.07) is 7.48. The number of aliphatic hydroxyl groups is 2. The van der Waals surface area contributed by atoms with E-state index in [0.717, 1.165) is 37.7 Å². The monoisotopic (exact) mass is 626 g/mol. The first-order valence-corrected chi connectivity index (χ1v) is 15.9. The van der Waals surface area contributed by atoms with Gasteiger partial charge in [0.2, 0.25) is 17.7 Å². The molecule has 1 saturated carbocycles. The van der Waals surface area contributed by atoms with E-state index in [2.05, 4.69) is 28.4 Å². The van der Waals surface area contributed by atoms with Crippen LogP contribution in [0.15, 0.2) is 30.3 Å². The number of likely N-dealkylation sites (N-methyl/N-ethyl adjacent to an activating group) is 2. The number of carbonyl (C=O) groups excluding carboxylic acids is 3. The van der Waals surface area contributed by atoms with E-state index in [1.807, 2.05) is 30.3 Å². The highest BCUT2D eigenvalue weighted by Crippen LogP contribution is 2.28. The number of amides is 3. The van der Waals surface area contributed by atoms with Crippen molar-refractivity contribution >= 4 is 17.7 Å². The minimum absolute atomic E-state index is 0.0225. The second-order valence-corrected chi connectivity index (χ2v) is 12.1. The maximum absolute atomic E-state index is 13.7. The molecule has 1 aromatic carbocycles. The molecule has 1 aliphatic carbocycles. The van der Waals surface area contributed by atoms with Gasteiger partial charge >= 0.3 is 0 Å². The molecule has 0 saturated heterocycles. The van der Waals surface area contributed by atoms with Crippen molar-refractivity contribution in [3.63, 3.8) is 0 Å². The second-order valence-electron chi connectivity index (χ2n) is 12.1. The van der Waals surface area contributed by atoms with Gasteiger partial charge in [-0.05, 0) is 38.3 Å². The van der Waals surface area contributed by atoms with Crippen LogP contribution in [0.3, 0.4) is 0 Å². The number of hydrogen-bond acceptors (Lipinski definition) is 6. The van der Waals surface area contributed by atoms with Crippen molar-refractivity contribution in [2.45, 2.75) is 95.4 Å². The number of aliphatic hydroxyl groups excluding tert-OH is 2. The number of alkyl halides is 1. The van der Waals surface area contributed by atoms with Crippen LogP contribution in [0.1, 0.15) is 70.3 Å². The Morgan fingerprint density at radius 1 is 1.02 bits per heavy atom. The van der Waals surface area contributed by atoms with Crippen molar-refractivity contribution in [1.29, 1.82) is 0 Å². The Hall–Kier alpha value is -3.44. The van der Waals surface area contributed by atoms with Gasteiger partial charge in [-0.15, -0.1) is 24.2 Å². The van der Waals surface area contributed by atoms with Gasteiger partial charge in [-0.25, -0.2) is 4.39 Å². The predicted octanol–water partition coefficient (Wildman–Crippen LogP) is 2.65. The molecule has 0 heterocycles. The van der Waals surface area contributed by atoms with Crippen LogP contribution in [0, 0.1) is 36.0 Å². The lowest BCUT2D eigenvalue weighted by molar-refractivity contribution is -0.137. The smallest absolute Gasteiger partial charge is 0.243 e. The summed E-state index contributed by atoms with van der Waals surface area (Å²) in [6.07, 6.45) is 8.71. The van der Waals surface area contributed by atoms with Crippen molar-refractivity contribution in [3.05, 3.63) is 35.9 Å². The minimum Gasteiger partial charge on any atom is -0.389 e. The second kappa shape index (κ2) is 20.6. The summed E-state index contributed by atoms with van der Waals surface area (Å²) >= 11 is 0. The zero-order chi connectivity index (χ0) is 33.2. The van der Waals surface area contributed by atoms with Crippen molar-refractivity contribution in [1.82, 2.24) is 20.4 Å². The van der Waals surface area contributed by atoms with Crippen molar-refractivity contribution in [2.75, 3.05) is 34.0 Å². The van der Waals surface area contributed by atoms with Crippen LogP contribution in [0.4, 0.5) is 4.39 Å². The highest BCUT2D eigenvalue weighted by atomic mass is 19.1. The Balaban J connectivity index is 2.24. The molecule has 1 fully saturated rings. The highest BCUT2D eigenvalue weighted by Gasteiger charge is 2.34. The molecular weight excluding hydrogens is 575 g/mol. The van der Waals surface area contributed by atoms with Crippen LogP contribution in [0.25, 0.3) is 0 Å². The highest BCUT2D eigenvalue weighted by molar-refractivity contribution is 5.91. The zero-order valence-corrected chi connectivity index (χ0v) is 27.0. The van der Waals surface area contributed by atoms with Gasteiger partial charge in [-0.2, -0.15) is 0 Å². The number of terminal acetylenes is 1. The molecule has 3 amide bonds. The Morgan fingerprint density at radius 3 is 2.33 bits per heavy atom. The van der Waals surface area contributed by atoms with Crippen LogP contribution in [-0.2, 0) is 20.8 Å². The summed E-state index contributed by atoms with van der Waals surface area (Å²) in [6.45, 7) is 1.64. The standard InChI is InChI=1S/C35H51FN4O5/c1-5-7-19-29(35(45)38-30(33(43)31(41)14-6-2)23-27-17-12-9-13-18-27)37-34(44)28(22-26-15-10-8-11-16-26)24-32(42)40(4)21-20-39(3)25-36/h2,8,10-11,15-16,27-31,33,41,43H,9,12-14,17-25H2,1,3-4H3,(H,37,44)(H,38,45). The molecule has 0 bridgehead atoms. The number of halogens is 1. The average molecular weight is 627 g/mol. The van der Waals surface area contributed by atoms with E-state index in [0.29, 0.717) is 19.5 Å². The van der Waals surface area contributed by atoms with E-state index < -0.39 is 48.8 Å². The first-order chi connectivity index (χ1) is 21.6. The molecule has 2 rings (SSSR count). The SMILES string of the molecule is C#CCC(O)C(O)C(CC1CCCCC1)NC(=O)C(CC#CC)NC(=O)C(CC(=O)N(C)CCN(C)CF)Cc1ccccc1. The summed E-state index contributed by atoms with van der Waals surface area (Å²) in [5.41, 5.74) is 0.859. The summed E-state index contributed by atoms with van der Waals surface area (Å²) in [7, 11) is 3.23. The number of benzene rings is 1. The molecular formula is C35H51FN4O5. The Morgan fingerprint density at radius 2 is 1.71 bits per heavy atom. The molecule has 0 aliphatic heterocycles. The number of hydrogen-bond donors (Lipinski definition) is 4. The van der Waals surface area contributed by atoms with Gasteiger partial charge in [0.05, 0.1) is 18.1 Å². The van der Waals surface area contributed by atoms with Crippen molar-refractivity contribution in [3.8, 4) is 24.2 Å². The molecule has 248 valence electrons. The Kier molecular flexibility index (Phi) is 17.2. The third-order valence-electron chi connectivity index (χ3n) is 8.45. The summed E-state index contributed by atoms with van der Waals surface area (Å²) in [5.74, 6) is 6.21. The molecule has 0 aromatic heterocycles. The maximum atomic E-state index is 13.7. The lowest BCUT2D eigenvalue weighted by atomic mass is 9.82. The molecule has 0 radical (unpaired) electrons. The fourth-order valence-electron chi connectivity index (χ4n) is 5.59. The fourth-order valence-corrected chi connectivity index (χ4v) is 5.59. The summed E-state index contributed by atoms with van der Waals surface area (Å²) < 4.78 is 12.9. The first kappa shape index (κ1) is 37.7. The minimum atomic E-state index is -1.28. The van der Waals surface area contributed by atoms with E-state index in [4.69, 9.17) is 6.42 Å². The number of carbonyl (C=O) groups is 3. The molecule has 4 N–H and O–H groups in total. The van der Waals surface area contributed by atoms with Gasteiger partial charge in [0.1, 0.15) is 18.9 Å². The van der Waals surface area contributed by atoms with Crippen LogP contribution < -0.4 is 10.6 Å². The van der Waals surface area contributed by atoms with Gasteiger partial charge in [-0.3, -0.25) is 19.3 Å². The topological polar surface area (TPSA) is 122 Å². The van der Waals surface area contributed by atoms with Crippen LogP contribution in [0.2, 0.25) is 0 Å². The lowest BCUT2D eigenvalue weighted by Crippen LogP contribution is -2.55. The molecule has 0 spiro atoms. The van der Waals surface area contributed by atoms with E-state index >= 15 is 0 Å². The Labute approximate surface area is 268 Å². The Bertz CT molecular complexity index is 1160. The molecule has 5 atom stereocenters. The third-order valence-corrected chi connectivity index (χ3v) is 8.45. The fraction of sp³-hybridized carbons (Fsp3) is 0.629. The van der Waals surface area contributed by atoms with Gasteiger partial charge in [-0.1, -0.05) is 62.4 Å². The van der Waals surface area contributed by atoms with Crippen LogP contribution in [0.5, 0.6) is 0 Å². The van der Waals surface area contributed by atoms with Gasteiger partial charge in [0, 0.05) is 39.4 Å². The number of nitrogens with zero attached hydrogens (tertiary/aromatic N) is 2. The normalized spacial score (nSPS) is 16.7. The van der Waals surface area contributed by atoms with Crippen LogP contribution >= 0.6 is 0 Å². The molecule has 10 heteroatoms. The molecule has 1 aliphatic rings. The van der Waals surface area contributed by atoms with E-state index in [9.17, 15) is 29.0 Å². The summed E-state index contributed by atoms with van der Waals surface area (Å²) in [4.78, 5) is 43.5. The first-order valence-electron chi connectivity index (χ1n) is 15.9. The number of nitrogens with one attached hydrogen (secondary N) is 2. The largest absolute Gasteiger partial charge is 0.389 e. The van der Waals surface area contributed by atoms with Crippen LogP contribution in [-0.4, -0.2) is 96.0 Å². The lowest BCUT2D eigenvalue weighted by Gasteiger charge is -2.33. The third kappa shape index (κ3) is 13.6. The van der Waals surface area contributed by atoms with E-state index in [1.165, 1.54) is 9.80 Å². The molecule has 9 nitrogen and oxygen atoms in total. The molecule has 1 aromatic rings. The van der Waals surface area contributed by atoms with Gasteiger partial charge in [0.15, 0.2) is 0 Å². The van der Waals surface area contributed by atoms with Gasteiger partial charge in [0.25, 0.3) is 0 Å². The van der Waals surface area contributed by atoms with Crippen molar-refractivity contribution in [2.24, 2.45) is 11.8 Å². The molecule has 45 heavy (non-hydrogen) atoms. The quantitative estimate of drug-likeness (QED) is 0.147. The number of rotatable bonds is 18. The molecule has 5 unspecified atom stereocenters. The van der Waals surface area contributed by atoms with E-state index in [1.54, 1.807) is 21.0 Å². The predicted molar refractivity (Wildman–Crippen MR) is 173 cm³/mol. The summed E-state index contributed by atoms with van der Waals surface area (Å²) in [5, 5.41) is 27.2. The zero-order valence-electron chi connectivity index (χ0n) is 27.0. The average Bonchev–Trinajstić information content (AvgIpc) is 3.05. The van der Waals surface area contributed by atoms with Gasteiger partial charge < -0.3 is 25.7 Å². The maximum Gasteiger partial charge on any atom is 0.243 e. The van der Waals surface area contributed by atoms with E-state index in [-0.39, 0.29) is 37.5 Å².